The third-order valence-corrected chi connectivity index (χ3v) is 5.65. The van der Waals surface area contributed by atoms with Crippen LogP contribution in [0.2, 0.25) is 0 Å². The van der Waals surface area contributed by atoms with Gasteiger partial charge in [0.2, 0.25) is 0 Å². The summed E-state index contributed by atoms with van der Waals surface area (Å²) in [6, 6.07) is 10.3. The summed E-state index contributed by atoms with van der Waals surface area (Å²) in [4.78, 5) is 10.8. The number of ether oxygens (including phenoxy) is 2. The number of rotatable bonds is 11. The lowest BCUT2D eigenvalue weighted by Crippen LogP contribution is -2.09. The number of alkyl halides is 3. The van der Waals surface area contributed by atoms with Crippen molar-refractivity contribution < 1.29 is 37.1 Å². The largest absolute Gasteiger partial charge is 0.493 e. The predicted octanol–water partition coefficient (Wildman–Crippen LogP) is 6.08. The molecular formula is C25H25F3N2O5. The Morgan fingerprint density at radius 1 is 1.09 bits per heavy atom. The van der Waals surface area contributed by atoms with Crippen molar-refractivity contribution in [1.82, 2.24) is 9.72 Å². The summed E-state index contributed by atoms with van der Waals surface area (Å²) in [6.45, 7) is 2.64. The van der Waals surface area contributed by atoms with Crippen LogP contribution in [0, 0.1) is 0 Å². The van der Waals surface area contributed by atoms with E-state index in [0.29, 0.717) is 36.6 Å². The number of halogens is 3. The number of aromatic nitrogens is 2. The number of unbranched alkanes of at least 4 members (excludes halogenated alkanes) is 1. The molecule has 0 amide bonds. The van der Waals surface area contributed by atoms with Crippen LogP contribution in [0.5, 0.6) is 11.5 Å². The highest BCUT2D eigenvalue weighted by Crippen LogP contribution is 2.38. The molecule has 2 aromatic carbocycles. The smallest absolute Gasteiger partial charge is 0.437 e. The van der Waals surface area contributed by atoms with E-state index in [1.165, 1.54) is 6.07 Å². The monoisotopic (exact) mass is 490 g/mol. The molecule has 0 atom stereocenters. The zero-order valence-corrected chi connectivity index (χ0v) is 19.1. The van der Waals surface area contributed by atoms with Gasteiger partial charge in [-0.05, 0) is 49.6 Å². The minimum atomic E-state index is -4.58. The number of hydrogen-bond acceptors (Lipinski definition) is 5. The molecule has 0 aliphatic heterocycles. The normalized spacial score (nSPS) is 11.9. The Bertz CT molecular complexity index is 1330. The number of aliphatic carboxylic acids is 1. The number of carboxylic acid groups (broad SMARTS) is 1. The molecule has 0 radical (unpaired) electrons. The average molecular weight is 490 g/mol. The molecule has 0 unspecified atom stereocenters. The minimum Gasteiger partial charge on any atom is -0.493 e. The Morgan fingerprint density at radius 2 is 1.91 bits per heavy atom. The molecule has 35 heavy (non-hydrogen) atoms. The Morgan fingerprint density at radius 3 is 2.66 bits per heavy atom. The summed E-state index contributed by atoms with van der Waals surface area (Å²) in [7, 11) is 0. The molecule has 4 aromatic rings. The number of hydrogen-bond donors (Lipinski definition) is 1. The van der Waals surface area contributed by atoms with Crippen molar-refractivity contribution in [3.8, 4) is 11.5 Å². The molecular weight excluding hydrogens is 465 g/mol. The van der Waals surface area contributed by atoms with Gasteiger partial charge in [-0.25, -0.2) is 4.79 Å². The van der Waals surface area contributed by atoms with Crippen LogP contribution in [0.4, 0.5) is 13.2 Å². The van der Waals surface area contributed by atoms with Crippen LogP contribution in [-0.2, 0) is 23.9 Å². The van der Waals surface area contributed by atoms with Crippen molar-refractivity contribution in [3.05, 3.63) is 53.9 Å². The number of carbonyl (C=O) groups is 1. The van der Waals surface area contributed by atoms with Crippen LogP contribution in [0.15, 0.2) is 47.1 Å². The van der Waals surface area contributed by atoms with E-state index in [2.05, 4.69) is 9.72 Å². The lowest BCUT2D eigenvalue weighted by atomic mass is 10.0. The van der Waals surface area contributed by atoms with E-state index in [4.69, 9.17) is 19.1 Å². The van der Waals surface area contributed by atoms with E-state index in [0.717, 1.165) is 30.2 Å². The SMILES string of the molecule is CCCc1c(OCCCCn2ccc3c(OCC(=O)O)cccc32)ccc2c(C(F)(F)F)noc12. The fourth-order valence-electron chi connectivity index (χ4n) is 4.09. The van der Waals surface area contributed by atoms with E-state index < -0.39 is 24.4 Å². The van der Waals surface area contributed by atoms with Gasteiger partial charge in [0.25, 0.3) is 0 Å². The van der Waals surface area contributed by atoms with Gasteiger partial charge in [0.05, 0.1) is 17.5 Å². The van der Waals surface area contributed by atoms with Crippen molar-refractivity contribution >= 4 is 27.8 Å². The summed E-state index contributed by atoms with van der Waals surface area (Å²) in [5.41, 5.74) is 0.636. The highest BCUT2D eigenvalue weighted by molar-refractivity contribution is 5.87. The molecule has 0 aliphatic carbocycles. The van der Waals surface area contributed by atoms with E-state index in [-0.39, 0.29) is 11.0 Å². The van der Waals surface area contributed by atoms with Gasteiger partial charge in [-0.2, -0.15) is 13.2 Å². The van der Waals surface area contributed by atoms with Crippen molar-refractivity contribution in [3.63, 3.8) is 0 Å². The molecule has 4 rings (SSSR count). The summed E-state index contributed by atoms with van der Waals surface area (Å²) in [5.74, 6) is -0.00503. The highest BCUT2D eigenvalue weighted by Gasteiger charge is 2.37. The second kappa shape index (κ2) is 10.3. The number of aryl methyl sites for hydroxylation is 2. The second-order valence-corrected chi connectivity index (χ2v) is 8.13. The predicted molar refractivity (Wildman–Crippen MR) is 123 cm³/mol. The van der Waals surface area contributed by atoms with Gasteiger partial charge in [0.1, 0.15) is 11.5 Å². The van der Waals surface area contributed by atoms with Gasteiger partial charge in [-0.15, -0.1) is 0 Å². The summed E-state index contributed by atoms with van der Waals surface area (Å²) < 4.78 is 57.9. The maximum atomic E-state index is 13.2. The maximum absolute atomic E-state index is 13.2. The fourth-order valence-corrected chi connectivity index (χ4v) is 4.09. The van der Waals surface area contributed by atoms with E-state index >= 15 is 0 Å². The first-order valence-corrected chi connectivity index (χ1v) is 11.3. The minimum absolute atomic E-state index is 0.0560. The number of fused-ring (bicyclic) bond motifs is 2. The number of carboxylic acids is 1. The molecule has 0 aliphatic rings. The number of benzene rings is 2. The van der Waals surface area contributed by atoms with Gasteiger partial charge < -0.3 is 23.7 Å². The molecule has 1 N–H and O–H groups in total. The van der Waals surface area contributed by atoms with Crippen LogP contribution in [0.1, 0.15) is 37.4 Å². The molecule has 2 aromatic heterocycles. The van der Waals surface area contributed by atoms with E-state index in [1.54, 1.807) is 12.1 Å². The topological polar surface area (TPSA) is 86.7 Å². The van der Waals surface area contributed by atoms with Crippen LogP contribution >= 0.6 is 0 Å². The summed E-state index contributed by atoms with van der Waals surface area (Å²) in [5, 5.41) is 12.9. The standard InChI is InChI=1S/C25H25F3N2O5/c1-2-6-17-21(10-9-18-23(17)35-29-24(18)25(26,27)28)33-14-4-3-12-30-13-11-16-19(30)7-5-8-20(16)34-15-22(31)32/h5,7-11,13H,2-4,6,12,14-15H2,1H3,(H,31,32). The highest BCUT2D eigenvalue weighted by atomic mass is 19.4. The average Bonchev–Trinajstić information content (AvgIpc) is 3.43. The second-order valence-electron chi connectivity index (χ2n) is 8.13. The Balaban J connectivity index is 1.38. The van der Waals surface area contributed by atoms with E-state index in [9.17, 15) is 18.0 Å². The quantitative estimate of drug-likeness (QED) is 0.257. The molecule has 0 saturated carbocycles. The van der Waals surface area contributed by atoms with Crippen molar-refractivity contribution in [2.24, 2.45) is 0 Å². The fraction of sp³-hybridized carbons (Fsp3) is 0.360. The van der Waals surface area contributed by atoms with Crippen LogP contribution in [0.3, 0.4) is 0 Å². The Kier molecular flexibility index (Phi) is 7.18. The van der Waals surface area contributed by atoms with Crippen molar-refractivity contribution in [2.75, 3.05) is 13.2 Å². The third kappa shape index (κ3) is 5.36. The lowest BCUT2D eigenvalue weighted by molar-refractivity contribution is -0.141. The third-order valence-electron chi connectivity index (χ3n) is 5.65. The van der Waals surface area contributed by atoms with Gasteiger partial charge >= 0.3 is 12.1 Å². The molecule has 2 heterocycles. The van der Waals surface area contributed by atoms with E-state index in [1.807, 2.05) is 31.3 Å². The first kappa shape index (κ1) is 24.4. The Labute approximate surface area is 199 Å². The number of nitrogens with zero attached hydrogens (tertiary/aromatic N) is 2. The van der Waals surface area contributed by atoms with Crippen LogP contribution < -0.4 is 9.47 Å². The van der Waals surface area contributed by atoms with Gasteiger partial charge in [0.15, 0.2) is 17.9 Å². The summed E-state index contributed by atoms with van der Waals surface area (Å²) >= 11 is 0. The zero-order chi connectivity index (χ0) is 25.0. The van der Waals surface area contributed by atoms with Crippen molar-refractivity contribution in [2.45, 2.75) is 45.3 Å². The maximum Gasteiger partial charge on any atom is 0.437 e. The zero-order valence-electron chi connectivity index (χ0n) is 19.1. The summed E-state index contributed by atoms with van der Waals surface area (Å²) in [6.07, 6.45) is 0.104. The molecule has 0 bridgehead atoms. The van der Waals surface area contributed by atoms with Crippen molar-refractivity contribution in [1.29, 1.82) is 0 Å². The first-order chi connectivity index (χ1) is 16.8. The lowest BCUT2D eigenvalue weighted by Gasteiger charge is -2.12. The molecule has 10 heteroatoms. The molecule has 7 nitrogen and oxygen atoms in total. The first-order valence-electron chi connectivity index (χ1n) is 11.3. The molecule has 186 valence electrons. The molecule has 0 saturated heterocycles. The van der Waals surface area contributed by atoms with Gasteiger partial charge in [-0.3, -0.25) is 0 Å². The van der Waals surface area contributed by atoms with Crippen LogP contribution in [-0.4, -0.2) is 34.0 Å². The Hall–Kier alpha value is -3.69. The van der Waals surface area contributed by atoms with Crippen LogP contribution in [0.25, 0.3) is 21.9 Å². The molecule has 0 spiro atoms. The van der Waals surface area contributed by atoms with Gasteiger partial charge in [-0.1, -0.05) is 24.6 Å². The molecule has 0 fully saturated rings. The van der Waals surface area contributed by atoms with Gasteiger partial charge in [0, 0.05) is 23.7 Å².